The number of benzene rings is 1. The zero-order valence-electron chi connectivity index (χ0n) is 9.33. The smallest absolute Gasteiger partial charge is 0.235 e. The van der Waals surface area contributed by atoms with E-state index in [0.29, 0.717) is 5.75 Å². The van der Waals surface area contributed by atoms with Crippen molar-refractivity contribution in [2.45, 2.75) is 13.5 Å². The number of hydrogen-bond donors (Lipinski definition) is 0. The number of methoxy groups -OCH3 is 2. The van der Waals surface area contributed by atoms with E-state index in [9.17, 15) is 4.79 Å². The molecule has 0 radical (unpaired) electrons. The van der Waals surface area contributed by atoms with Crippen molar-refractivity contribution < 1.29 is 14.3 Å². The molecule has 0 bridgehead atoms. The third kappa shape index (κ3) is 2.43. The van der Waals surface area contributed by atoms with Crippen molar-refractivity contribution in [3.05, 3.63) is 21.7 Å². The third-order valence-corrected chi connectivity index (χ3v) is 2.88. The summed E-state index contributed by atoms with van der Waals surface area (Å²) < 4.78 is 11.2. The first-order chi connectivity index (χ1) is 7.65. The molecule has 0 aliphatic heterocycles. The topological polar surface area (TPSA) is 47.9 Å². The third-order valence-electron chi connectivity index (χ3n) is 2.16. The molecule has 0 saturated heterocycles. The van der Waals surface area contributed by atoms with E-state index in [1.807, 2.05) is 13.0 Å². The molecule has 4 nitrogen and oxygen atoms in total. The molecule has 1 aromatic carbocycles. The zero-order valence-corrected chi connectivity index (χ0v) is 10.9. The predicted molar refractivity (Wildman–Crippen MR) is 63.8 cm³/mol. The first kappa shape index (κ1) is 12.7. The van der Waals surface area contributed by atoms with Crippen LogP contribution in [0.15, 0.2) is 15.5 Å². The van der Waals surface area contributed by atoms with Crippen molar-refractivity contribution in [2.24, 2.45) is 4.99 Å². The number of aryl methyl sites for hydroxylation is 1. The van der Waals surface area contributed by atoms with Crippen LogP contribution in [0.3, 0.4) is 0 Å². The molecule has 0 aliphatic carbocycles. The lowest BCUT2D eigenvalue weighted by atomic mass is 10.1. The van der Waals surface area contributed by atoms with Gasteiger partial charge in [-0.3, -0.25) is 0 Å². The first-order valence-corrected chi connectivity index (χ1v) is 5.38. The normalized spacial score (nSPS) is 9.50. The van der Waals surface area contributed by atoms with E-state index in [1.54, 1.807) is 14.2 Å². The summed E-state index contributed by atoms with van der Waals surface area (Å²) in [5, 5.41) is 0. The van der Waals surface area contributed by atoms with E-state index < -0.39 is 0 Å². The number of nitrogens with zero attached hydrogens (tertiary/aromatic N) is 1. The molecular weight excluding hydrogens is 274 g/mol. The van der Waals surface area contributed by atoms with Gasteiger partial charge in [-0.1, -0.05) is 0 Å². The molecule has 0 N–H and O–H groups in total. The van der Waals surface area contributed by atoms with Crippen LogP contribution in [-0.2, 0) is 11.3 Å². The highest BCUT2D eigenvalue weighted by molar-refractivity contribution is 9.10. The van der Waals surface area contributed by atoms with Crippen molar-refractivity contribution in [1.82, 2.24) is 0 Å². The molecule has 0 heterocycles. The predicted octanol–water partition coefficient (Wildman–Crippen LogP) is 2.61. The van der Waals surface area contributed by atoms with E-state index in [1.165, 1.54) is 6.08 Å². The molecule has 0 amide bonds. The van der Waals surface area contributed by atoms with Gasteiger partial charge in [-0.05, 0) is 34.5 Å². The SMILES string of the molecule is COc1c(C)cc(CN=C=O)c(OC)c1Br. The highest BCUT2D eigenvalue weighted by Crippen LogP contribution is 2.40. The van der Waals surface area contributed by atoms with E-state index >= 15 is 0 Å². The summed E-state index contributed by atoms with van der Waals surface area (Å²) in [6.45, 7) is 2.16. The Morgan fingerprint density at radius 1 is 1.38 bits per heavy atom. The van der Waals surface area contributed by atoms with E-state index in [2.05, 4.69) is 20.9 Å². The number of halogens is 1. The summed E-state index contributed by atoms with van der Waals surface area (Å²) in [6.07, 6.45) is 1.51. The van der Waals surface area contributed by atoms with Gasteiger partial charge in [0.15, 0.2) is 0 Å². The number of rotatable bonds is 4. The van der Waals surface area contributed by atoms with Crippen molar-refractivity contribution >= 4 is 22.0 Å². The Kier molecular flexibility index (Phi) is 4.52. The average Bonchev–Trinajstić information content (AvgIpc) is 2.26. The van der Waals surface area contributed by atoms with Gasteiger partial charge in [0.2, 0.25) is 6.08 Å². The molecule has 16 heavy (non-hydrogen) atoms. The summed E-state index contributed by atoms with van der Waals surface area (Å²) in [7, 11) is 3.15. The monoisotopic (exact) mass is 285 g/mol. The van der Waals surface area contributed by atoms with E-state index in [0.717, 1.165) is 21.3 Å². The van der Waals surface area contributed by atoms with Gasteiger partial charge in [-0.2, -0.15) is 0 Å². The van der Waals surface area contributed by atoms with Crippen LogP contribution < -0.4 is 9.47 Å². The molecule has 1 aromatic rings. The van der Waals surface area contributed by atoms with Crippen molar-refractivity contribution in [1.29, 1.82) is 0 Å². The Morgan fingerprint density at radius 2 is 2.00 bits per heavy atom. The van der Waals surface area contributed by atoms with Gasteiger partial charge in [0.1, 0.15) is 16.0 Å². The van der Waals surface area contributed by atoms with Crippen molar-refractivity contribution in [3.8, 4) is 11.5 Å². The Hall–Kier alpha value is -1.32. The van der Waals surface area contributed by atoms with Crippen molar-refractivity contribution in [2.75, 3.05) is 14.2 Å². The minimum Gasteiger partial charge on any atom is -0.495 e. The Balaban J connectivity index is 3.33. The average molecular weight is 286 g/mol. The van der Waals surface area contributed by atoms with Crippen molar-refractivity contribution in [3.63, 3.8) is 0 Å². The molecule has 0 atom stereocenters. The second kappa shape index (κ2) is 5.68. The lowest BCUT2D eigenvalue weighted by Crippen LogP contribution is -1.97. The molecule has 0 aliphatic rings. The van der Waals surface area contributed by atoms with Gasteiger partial charge >= 0.3 is 0 Å². The lowest BCUT2D eigenvalue weighted by Gasteiger charge is -2.14. The summed E-state index contributed by atoms with van der Waals surface area (Å²) in [6, 6.07) is 1.88. The highest BCUT2D eigenvalue weighted by Gasteiger charge is 2.15. The van der Waals surface area contributed by atoms with E-state index in [4.69, 9.17) is 9.47 Å². The van der Waals surface area contributed by atoms with Crippen LogP contribution in [0.4, 0.5) is 0 Å². The fraction of sp³-hybridized carbons (Fsp3) is 0.364. The maximum absolute atomic E-state index is 10.1. The molecule has 5 heteroatoms. The quantitative estimate of drug-likeness (QED) is 0.631. The second-order valence-corrected chi connectivity index (χ2v) is 3.93. The molecule has 0 aromatic heterocycles. The van der Waals surface area contributed by atoms with Crippen LogP contribution in [0.2, 0.25) is 0 Å². The number of isocyanates is 1. The van der Waals surface area contributed by atoms with Crippen LogP contribution >= 0.6 is 15.9 Å². The number of carbonyl (C=O) groups excluding carboxylic acids is 1. The first-order valence-electron chi connectivity index (χ1n) is 4.59. The van der Waals surface area contributed by atoms with Gasteiger partial charge in [0.25, 0.3) is 0 Å². The molecule has 0 fully saturated rings. The fourth-order valence-electron chi connectivity index (χ4n) is 1.52. The summed E-state index contributed by atoms with van der Waals surface area (Å²) in [5.41, 5.74) is 1.77. The number of aliphatic imine (C=N–C) groups is 1. The highest BCUT2D eigenvalue weighted by atomic mass is 79.9. The summed E-state index contributed by atoms with van der Waals surface area (Å²) >= 11 is 3.40. The van der Waals surface area contributed by atoms with Crippen LogP contribution in [0.1, 0.15) is 11.1 Å². The molecule has 0 spiro atoms. The Labute approximate surface area is 102 Å². The van der Waals surface area contributed by atoms with Gasteiger partial charge in [-0.15, -0.1) is 0 Å². The largest absolute Gasteiger partial charge is 0.495 e. The van der Waals surface area contributed by atoms with Gasteiger partial charge in [0.05, 0.1) is 20.8 Å². The molecular formula is C11H12BrNO3. The van der Waals surface area contributed by atoms with Crippen LogP contribution in [0.5, 0.6) is 11.5 Å². The minimum absolute atomic E-state index is 0.246. The van der Waals surface area contributed by atoms with Gasteiger partial charge in [-0.25, -0.2) is 9.79 Å². The van der Waals surface area contributed by atoms with Crippen LogP contribution in [0.25, 0.3) is 0 Å². The maximum atomic E-state index is 10.1. The fourth-order valence-corrected chi connectivity index (χ4v) is 2.41. The summed E-state index contributed by atoms with van der Waals surface area (Å²) in [5.74, 6) is 1.34. The van der Waals surface area contributed by atoms with Crippen LogP contribution in [-0.4, -0.2) is 20.3 Å². The lowest BCUT2D eigenvalue weighted by molar-refractivity contribution is 0.384. The molecule has 86 valence electrons. The second-order valence-electron chi connectivity index (χ2n) is 3.14. The molecule has 0 saturated carbocycles. The number of ether oxygens (including phenoxy) is 2. The Morgan fingerprint density at radius 3 is 2.50 bits per heavy atom. The minimum atomic E-state index is 0.246. The standard InChI is InChI=1S/C11H12BrNO3/c1-7-4-8(5-13-6-14)11(16-3)9(12)10(7)15-2/h4H,5H2,1-3H3. The zero-order chi connectivity index (χ0) is 12.1. The molecule has 1 rings (SSSR count). The van der Waals surface area contributed by atoms with Crippen LogP contribution in [0, 0.1) is 6.92 Å². The summed E-state index contributed by atoms with van der Waals surface area (Å²) in [4.78, 5) is 13.6. The maximum Gasteiger partial charge on any atom is 0.235 e. The number of hydrogen-bond acceptors (Lipinski definition) is 4. The van der Waals surface area contributed by atoms with Gasteiger partial charge in [0, 0.05) is 5.56 Å². The van der Waals surface area contributed by atoms with Gasteiger partial charge < -0.3 is 9.47 Å². The molecule has 0 unspecified atom stereocenters. The Bertz CT molecular complexity index is 439. The van der Waals surface area contributed by atoms with E-state index in [-0.39, 0.29) is 6.54 Å².